The van der Waals surface area contributed by atoms with Gasteiger partial charge < -0.3 is 9.57 Å². The van der Waals surface area contributed by atoms with Crippen molar-refractivity contribution < 1.29 is 19.5 Å². The van der Waals surface area contributed by atoms with E-state index in [9.17, 15) is 14.9 Å². The lowest BCUT2D eigenvalue weighted by molar-refractivity contribution is -0.757. The van der Waals surface area contributed by atoms with E-state index >= 15 is 0 Å². The van der Waals surface area contributed by atoms with Crippen LogP contribution in [0.1, 0.15) is 28.0 Å². The van der Waals surface area contributed by atoms with E-state index in [1.165, 1.54) is 0 Å². The third-order valence-electron chi connectivity index (χ3n) is 3.99. The second kappa shape index (κ2) is 8.81. The summed E-state index contributed by atoms with van der Waals surface area (Å²) in [6.45, 7) is 1.87. The zero-order valence-corrected chi connectivity index (χ0v) is 15.3. The molecule has 0 amide bonds. The van der Waals surface area contributed by atoms with Crippen molar-refractivity contribution in [3.63, 3.8) is 0 Å². The number of hydrogen-bond acceptors (Lipinski definition) is 6. The van der Waals surface area contributed by atoms with Crippen molar-refractivity contribution in [1.29, 1.82) is 0 Å². The average Bonchev–Trinajstić information content (AvgIpc) is 3.06. The van der Waals surface area contributed by atoms with Crippen LogP contribution in [-0.2, 0) is 11.3 Å². The zero-order chi connectivity index (χ0) is 19.9. The van der Waals surface area contributed by atoms with Crippen LogP contribution in [0.5, 0.6) is 5.88 Å². The lowest BCUT2D eigenvalue weighted by atomic mass is 10.1. The summed E-state index contributed by atoms with van der Waals surface area (Å²) >= 11 is 0. The molecule has 0 fully saturated rings. The smallest absolute Gasteiger partial charge is 0.344 e. The van der Waals surface area contributed by atoms with Crippen molar-refractivity contribution in [2.75, 3.05) is 6.61 Å². The van der Waals surface area contributed by atoms with Crippen molar-refractivity contribution in [3.05, 3.63) is 87.6 Å². The molecule has 0 aliphatic carbocycles. The highest BCUT2D eigenvalue weighted by Crippen LogP contribution is 2.20. The molecule has 0 aliphatic heterocycles. The molecule has 0 bridgehead atoms. The number of carbonyl (C=O) groups is 1. The number of rotatable bonds is 8. The predicted molar refractivity (Wildman–Crippen MR) is 101 cm³/mol. The van der Waals surface area contributed by atoms with Crippen LogP contribution in [0.2, 0.25) is 0 Å². The maximum atomic E-state index is 12.5. The quantitative estimate of drug-likeness (QED) is 0.256. The molecule has 2 aromatic carbocycles. The Labute approximate surface area is 161 Å². The standard InChI is InChI=1S/C20H19N3O5/c1-15-14-19(22(21-15)18-7-3-2-4-8-18)28-20(24)17-11-9-16(10-12-17)6-5-13-27-23(25)26/h2-4,7-12,14H,5-6,13H2,1H3. The molecule has 0 saturated carbocycles. The summed E-state index contributed by atoms with van der Waals surface area (Å²) in [4.78, 5) is 26.9. The van der Waals surface area contributed by atoms with Crippen LogP contribution in [0.4, 0.5) is 0 Å². The molecule has 0 saturated heterocycles. The number of aromatic nitrogens is 2. The van der Waals surface area contributed by atoms with Gasteiger partial charge in [0.25, 0.3) is 5.09 Å². The topological polar surface area (TPSA) is 96.5 Å². The second-order valence-electron chi connectivity index (χ2n) is 6.12. The molecule has 0 spiro atoms. The first kappa shape index (κ1) is 19.1. The minimum absolute atomic E-state index is 0.0413. The molecule has 0 N–H and O–H groups in total. The third kappa shape index (κ3) is 4.94. The second-order valence-corrected chi connectivity index (χ2v) is 6.12. The van der Waals surface area contributed by atoms with E-state index in [1.54, 1.807) is 35.0 Å². The van der Waals surface area contributed by atoms with E-state index < -0.39 is 11.1 Å². The highest BCUT2D eigenvalue weighted by atomic mass is 16.9. The van der Waals surface area contributed by atoms with Gasteiger partial charge in [-0.1, -0.05) is 30.3 Å². The average molecular weight is 381 g/mol. The van der Waals surface area contributed by atoms with Gasteiger partial charge >= 0.3 is 5.97 Å². The van der Waals surface area contributed by atoms with Gasteiger partial charge in [0.2, 0.25) is 5.88 Å². The van der Waals surface area contributed by atoms with E-state index in [-0.39, 0.29) is 6.61 Å². The van der Waals surface area contributed by atoms with E-state index in [2.05, 4.69) is 9.94 Å². The SMILES string of the molecule is Cc1cc(OC(=O)c2ccc(CCCO[N+](=O)[O-])cc2)n(-c2ccccc2)n1. The summed E-state index contributed by atoms with van der Waals surface area (Å²) in [5, 5.41) is 13.7. The van der Waals surface area contributed by atoms with Gasteiger partial charge in [-0.05, 0) is 49.6 Å². The summed E-state index contributed by atoms with van der Waals surface area (Å²) in [5.41, 5.74) is 2.89. The molecule has 28 heavy (non-hydrogen) atoms. The number of aryl methyl sites for hydroxylation is 2. The normalized spacial score (nSPS) is 10.5. The molecule has 8 heteroatoms. The minimum Gasteiger partial charge on any atom is -0.404 e. The Hall–Kier alpha value is -3.68. The Balaban J connectivity index is 1.65. The van der Waals surface area contributed by atoms with Gasteiger partial charge in [-0.3, -0.25) is 0 Å². The number of para-hydroxylation sites is 1. The van der Waals surface area contributed by atoms with Gasteiger partial charge in [-0.15, -0.1) is 10.1 Å². The van der Waals surface area contributed by atoms with Crippen LogP contribution in [0, 0.1) is 17.0 Å². The van der Waals surface area contributed by atoms with E-state index in [1.807, 2.05) is 37.3 Å². The van der Waals surface area contributed by atoms with E-state index in [0.717, 1.165) is 16.9 Å². The summed E-state index contributed by atoms with van der Waals surface area (Å²) in [6.07, 6.45) is 1.13. The molecule has 3 rings (SSSR count). The van der Waals surface area contributed by atoms with Crippen LogP contribution in [0.15, 0.2) is 60.7 Å². The molecule has 3 aromatic rings. The van der Waals surface area contributed by atoms with Crippen molar-refractivity contribution in [3.8, 4) is 11.6 Å². The molecular formula is C20H19N3O5. The highest BCUT2D eigenvalue weighted by Gasteiger charge is 2.14. The maximum absolute atomic E-state index is 12.5. The van der Waals surface area contributed by atoms with Gasteiger partial charge in [0, 0.05) is 6.07 Å². The van der Waals surface area contributed by atoms with Crippen molar-refractivity contribution >= 4 is 5.97 Å². The molecule has 0 radical (unpaired) electrons. The van der Waals surface area contributed by atoms with Gasteiger partial charge in [-0.2, -0.15) is 5.10 Å². The zero-order valence-electron chi connectivity index (χ0n) is 15.3. The Morgan fingerprint density at radius 1 is 1.14 bits per heavy atom. The summed E-state index contributed by atoms with van der Waals surface area (Å²) in [7, 11) is 0. The highest BCUT2D eigenvalue weighted by molar-refractivity contribution is 5.91. The van der Waals surface area contributed by atoms with Crippen LogP contribution >= 0.6 is 0 Å². The van der Waals surface area contributed by atoms with E-state index in [4.69, 9.17) is 4.74 Å². The molecule has 1 heterocycles. The predicted octanol–water partition coefficient (Wildman–Crippen LogP) is 3.54. The molecular weight excluding hydrogens is 362 g/mol. The number of benzene rings is 2. The fourth-order valence-corrected chi connectivity index (χ4v) is 2.68. The fraction of sp³-hybridized carbons (Fsp3) is 0.200. The van der Waals surface area contributed by atoms with Gasteiger partial charge in [-0.25, -0.2) is 9.48 Å². The molecule has 1 aromatic heterocycles. The molecule has 0 unspecified atom stereocenters. The van der Waals surface area contributed by atoms with Gasteiger partial charge in [0.15, 0.2) is 0 Å². The lowest BCUT2D eigenvalue weighted by Crippen LogP contribution is -2.12. The van der Waals surface area contributed by atoms with Crippen LogP contribution in [0.25, 0.3) is 5.69 Å². The first-order valence-corrected chi connectivity index (χ1v) is 8.73. The first-order chi connectivity index (χ1) is 13.5. The molecule has 144 valence electrons. The Bertz CT molecular complexity index is 952. The Morgan fingerprint density at radius 3 is 2.54 bits per heavy atom. The number of nitrogens with zero attached hydrogens (tertiary/aromatic N) is 3. The monoisotopic (exact) mass is 381 g/mol. The number of hydrogen-bond donors (Lipinski definition) is 0. The van der Waals surface area contributed by atoms with E-state index in [0.29, 0.717) is 24.3 Å². The van der Waals surface area contributed by atoms with Crippen molar-refractivity contribution in [2.24, 2.45) is 0 Å². The molecule has 8 nitrogen and oxygen atoms in total. The molecule has 0 atom stereocenters. The van der Waals surface area contributed by atoms with Crippen molar-refractivity contribution in [1.82, 2.24) is 9.78 Å². The summed E-state index contributed by atoms with van der Waals surface area (Å²) in [6, 6.07) is 18.0. The van der Waals surface area contributed by atoms with Gasteiger partial charge in [0.05, 0.1) is 23.6 Å². The number of ether oxygens (including phenoxy) is 1. The summed E-state index contributed by atoms with van der Waals surface area (Å²) in [5.74, 6) is -0.143. The first-order valence-electron chi connectivity index (χ1n) is 8.73. The Morgan fingerprint density at radius 2 is 1.86 bits per heavy atom. The van der Waals surface area contributed by atoms with Crippen LogP contribution in [-0.4, -0.2) is 27.4 Å². The van der Waals surface area contributed by atoms with Crippen molar-refractivity contribution in [2.45, 2.75) is 19.8 Å². The largest absolute Gasteiger partial charge is 0.404 e. The number of carbonyl (C=O) groups excluding carboxylic acids is 1. The van der Waals surface area contributed by atoms with Crippen LogP contribution < -0.4 is 4.74 Å². The third-order valence-corrected chi connectivity index (χ3v) is 3.99. The number of esters is 1. The van der Waals surface area contributed by atoms with Gasteiger partial charge in [0.1, 0.15) is 0 Å². The lowest BCUT2D eigenvalue weighted by Gasteiger charge is -2.08. The summed E-state index contributed by atoms with van der Waals surface area (Å²) < 4.78 is 7.12. The Kier molecular flexibility index (Phi) is 6.01. The fourth-order valence-electron chi connectivity index (χ4n) is 2.68. The van der Waals surface area contributed by atoms with Crippen LogP contribution in [0.3, 0.4) is 0 Å². The minimum atomic E-state index is -0.805. The molecule has 0 aliphatic rings. The maximum Gasteiger partial charge on any atom is 0.344 e.